The molecule has 30 heavy (non-hydrogen) atoms. The molecule has 10 heteroatoms. The van der Waals surface area contributed by atoms with Crippen LogP contribution in [0.4, 0.5) is 15.8 Å². The quantitative estimate of drug-likeness (QED) is 0.753. The third-order valence-electron chi connectivity index (χ3n) is 4.88. The third-order valence-corrected chi connectivity index (χ3v) is 6.97. The molecular formula is C20H21ClFN3O4S. The molecule has 0 aromatic heterocycles. The normalized spacial score (nSPS) is 15.9. The molecule has 160 valence electrons. The molecular weight excluding hydrogens is 433 g/mol. The number of benzene rings is 2. The van der Waals surface area contributed by atoms with Crippen molar-refractivity contribution in [3.8, 4) is 0 Å². The fourth-order valence-corrected chi connectivity index (χ4v) is 4.85. The Hall–Kier alpha value is -2.49. The van der Waals surface area contributed by atoms with Crippen LogP contribution in [0.25, 0.3) is 0 Å². The maximum absolute atomic E-state index is 13.2. The summed E-state index contributed by atoms with van der Waals surface area (Å²) in [6, 6.07) is 8.20. The molecule has 0 bridgehead atoms. The van der Waals surface area contributed by atoms with E-state index in [1.54, 1.807) is 11.0 Å². The fourth-order valence-electron chi connectivity index (χ4n) is 3.49. The van der Waals surface area contributed by atoms with Gasteiger partial charge in [-0.05, 0) is 55.3 Å². The van der Waals surface area contributed by atoms with Gasteiger partial charge in [0, 0.05) is 31.4 Å². The number of carbonyl (C=O) groups excluding carboxylic acids is 2. The number of halogens is 2. The predicted molar refractivity (Wildman–Crippen MR) is 113 cm³/mol. The Bertz CT molecular complexity index is 1120. The summed E-state index contributed by atoms with van der Waals surface area (Å²) in [5.74, 6) is -1.32. The Morgan fingerprint density at radius 2 is 1.97 bits per heavy atom. The van der Waals surface area contributed by atoms with Crippen LogP contribution in [-0.4, -0.2) is 44.2 Å². The van der Waals surface area contributed by atoms with Crippen LogP contribution in [-0.2, 0) is 26.0 Å². The lowest BCUT2D eigenvalue weighted by Gasteiger charge is -2.21. The second-order valence-electron chi connectivity index (χ2n) is 7.17. The number of likely N-dealkylation sites (N-methyl/N-ethyl adjacent to an activating group) is 1. The van der Waals surface area contributed by atoms with E-state index in [1.807, 2.05) is 6.92 Å². The van der Waals surface area contributed by atoms with Gasteiger partial charge >= 0.3 is 0 Å². The molecule has 0 unspecified atom stereocenters. The highest BCUT2D eigenvalue weighted by molar-refractivity contribution is 7.89. The largest absolute Gasteiger partial charge is 0.325 e. The van der Waals surface area contributed by atoms with Gasteiger partial charge in [-0.25, -0.2) is 12.8 Å². The van der Waals surface area contributed by atoms with Crippen molar-refractivity contribution < 1.29 is 22.4 Å². The molecule has 0 fully saturated rings. The molecule has 2 aromatic carbocycles. The lowest BCUT2D eigenvalue weighted by atomic mass is 10.1. The van der Waals surface area contributed by atoms with Crippen molar-refractivity contribution in [1.29, 1.82) is 0 Å². The number of carbonyl (C=O) groups is 2. The molecule has 2 amide bonds. The SMILES string of the molecule is CC(=O)N1c2ccc(S(=O)(=O)N(C)CC(=O)Nc3ccc(F)c(Cl)c3)cc2C[C@H]1C. The topological polar surface area (TPSA) is 86.8 Å². The second-order valence-corrected chi connectivity index (χ2v) is 9.62. The van der Waals surface area contributed by atoms with Crippen molar-refractivity contribution in [2.75, 3.05) is 23.8 Å². The molecule has 7 nitrogen and oxygen atoms in total. The van der Waals surface area contributed by atoms with Gasteiger partial charge in [-0.2, -0.15) is 4.31 Å². The van der Waals surface area contributed by atoms with Gasteiger partial charge in [0.2, 0.25) is 21.8 Å². The zero-order valence-electron chi connectivity index (χ0n) is 16.6. The average molecular weight is 454 g/mol. The van der Waals surface area contributed by atoms with Gasteiger partial charge in [0.05, 0.1) is 16.5 Å². The van der Waals surface area contributed by atoms with E-state index in [9.17, 15) is 22.4 Å². The maximum atomic E-state index is 13.2. The number of nitrogens with one attached hydrogen (secondary N) is 1. The smallest absolute Gasteiger partial charge is 0.243 e. The van der Waals surface area contributed by atoms with Gasteiger partial charge in [0.25, 0.3) is 0 Å². The summed E-state index contributed by atoms with van der Waals surface area (Å²) < 4.78 is 40.0. The van der Waals surface area contributed by atoms with E-state index in [0.29, 0.717) is 12.1 Å². The van der Waals surface area contributed by atoms with E-state index < -0.39 is 28.3 Å². The first-order valence-corrected chi connectivity index (χ1v) is 11.0. The zero-order valence-corrected chi connectivity index (χ0v) is 18.2. The zero-order chi connectivity index (χ0) is 22.2. The molecule has 1 aliphatic rings. The Labute approximate surface area is 179 Å². The van der Waals surface area contributed by atoms with Crippen LogP contribution in [0.3, 0.4) is 0 Å². The van der Waals surface area contributed by atoms with E-state index in [0.717, 1.165) is 15.9 Å². The number of hydrogen-bond acceptors (Lipinski definition) is 4. The molecule has 1 atom stereocenters. The highest BCUT2D eigenvalue weighted by atomic mass is 35.5. The van der Waals surface area contributed by atoms with Crippen LogP contribution in [0, 0.1) is 5.82 Å². The summed E-state index contributed by atoms with van der Waals surface area (Å²) >= 11 is 5.68. The summed E-state index contributed by atoms with van der Waals surface area (Å²) in [5.41, 5.74) is 1.72. The minimum Gasteiger partial charge on any atom is -0.325 e. The molecule has 0 saturated carbocycles. The van der Waals surface area contributed by atoms with E-state index >= 15 is 0 Å². The summed E-state index contributed by atoms with van der Waals surface area (Å²) in [5, 5.41) is 2.34. The standard InChI is InChI=1S/C20H21ClFN3O4S/c1-12-8-14-9-16(5-7-19(14)25(12)13(2)26)30(28,29)24(3)11-20(27)23-15-4-6-18(22)17(21)10-15/h4-7,9-10,12H,8,11H2,1-3H3,(H,23,27)/t12-/m1/s1. The highest BCUT2D eigenvalue weighted by Gasteiger charge is 2.31. The van der Waals surface area contributed by atoms with Crippen molar-refractivity contribution in [1.82, 2.24) is 4.31 Å². The summed E-state index contributed by atoms with van der Waals surface area (Å²) in [7, 11) is -2.64. The van der Waals surface area contributed by atoms with E-state index in [2.05, 4.69) is 5.32 Å². The molecule has 0 saturated heterocycles. The van der Waals surface area contributed by atoms with Crippen LogP contribution in [0.15, 0.2) is 41.3 Å². The summed E-state index contributed by atoms with van der Waals surface area (Å²) in [6.07, 6.45) is 0.549. The Morgan fingerprint density at radius 1 is 1.27 bits per heavy atom. The number of sulfonamides is 1. The number of anilines is 2. The number of fused-ring (bicyclic) bond motifs is 1. The molecule has 3 rings (SSSR count). The minimum absolute atomic E-state index is 0.0407. The Balaban J connectivity index is 1.75. The lowest BCUT2D eigenvalue weighted by molar-refractivity contribution is -0.117. The minimum atomic E-state index is -3.94. The van der Waals surface area contributed by atoms with Crippen LogP contribution in [0.1, 0.15) is 19.4 Å². The van der Waals surface area contributed by atoms with E-state index in [1.165, 1.54) is 38.2 Å². The van der Waals surface area contributed by atoms with Crippen molar-refractivity contribution in [2.24, 2.45) is 0 Å². The van der Waals surface area contributed by atoms with Gasteiger partial charge in [-0.3, -0.25) is 9.59 Å². The lowest BCUT2D eigenvalue weighted by Crippen LogP contribution is -2.35. The molecule has 0 aliphatic carbocycles. The molecule has 0 radical (unpaired) electrons. The number of hydrogen-bond donors (Lipinski definition) is 1. The first-order chi connectivity index (χ1) is 14.0. The van der Waals surface area contributed by atoms with Crippen molar-refractivity contribution in [3.63, 3.8) is 0 Å². The van der Waals surface area contributed by atoms with Gasteiger partial charge in [-0.1, -0.05) is 11.6 Å². The molecule has 1 aliphatic heterocycles. The van der Waals surface area contributed by atoms with Gasteiger partial charge in [-0.15, -0.1) is 0 Å². The first-order valence-electron chi connectivity index (χ1n) is 9.14. The second kappa shape index (κ2) is 8.33. The van der Waals surface area contributed by atoms with Crippen LogP contribution in [0.2, 0.25) is 5.02 Å². The molecule has 0 spiro atoms. The van der Waals surface area contributed by atoms with Crippen molar-refractivity contribution in [2.45, 2.75) is 31.2 Å². The highest BCUT2D eigenvalue weighted by Crippen LogP contribution is 2.34. The van der Waals surface area contributed by atoms with Gasteiger partial charge in [0.1, 0.15) is 5.82 Å². The molecule has 1 N–H and O–H groups in total. The molecule has 1 heterocycles. The summed E-state index contributed by atoms with van der Waals surface area (Å²) in [4.78, 5) is 25.8. The predicted octanol–water partition coefficient (Wildman–Crippen LogP) is 3.04. The molecule has 2 aromatic rings. The monoisotopic (exact) mass is 453 g/mol. The van der Waals surface area contributed by atoms with E-state index in [4.69, 9.17) is 11.6 Å². The van der Waals surface area contributed by atoms with Crippen molar-refractivity contribution in [3.05, 3.63) is 52.8 Å². The summed E-state index contributed by atoms with van der Waals surface area (Å²) in [6.45, 7) is 2.93. The average Bonchev–Trinajstić information content (AvgIpc) is 2.99. The van der Waals surface area contributed by atoms with Crippen molar-refractivity contribution >= 4 is 44.8 Å². The van der Waals surface area contributed by atoms with Gasteiger partial charge < -0.3 is 10.2 Å². The van der Waals surface area contributed by atoms with Crippen LogP contribution >= 0.6 is 11.6 Å². The Morgan fingerprint density at radius 3 is 2.60 bits per heavy atom. The maximum Gasteiger partial charge on any atom is 0.243 e. The Kier molecular flexibility index (Phi) is 6.16. The third kappa shape index (κ3) is 4.33. The van der Waals surface area contributed by atoms with Crippen LogP contribution < -0.4 is 10.2 Å². The van der Waals surface area contributed by atoms with Gasteiger partial charge in [0.15, 0.2) is 0 Å². The van der Waals surface area contributed by atoms with E-state index in [-0.39, 0.29) is 27.6 Å². The van der Waals surface area contributed by atoms with Crippen LogP contribution in [0.5, 0.6) is 0 Å². The first kappa shape index (κ1) is 22.2. The number of nitrogens with zero attached hydrogens (tertiary/aromatic N) is 2. The number of amides is 2. The number of rotatable bonds is 5. The fraction of sp³-hybridized carbons (Fsp3) is 0.300.